The van der Waals surface area contributed by atoms with E-state index in [4.69, 9.17) is 4.98 Å². The van der Waals surface area contributed by atoms with Crippen LogP contribution in [0.3, 0.4) is 0 Å². The van der Waals surface area contributed by atoms with Crippen LogP contribution in [0, 0.1) is 5.92 Å². The van der Waals surface area contributed by atoms with Crippen LogP contribution in [0.4, 0.5) is 0 Å². The van der Waals surface area contributed by atoms with Crippen molar-refractivity contribution >= 4 is 11.0 Å². The Morgan fingerprint density at radius 2 is 2.00 bits per heavy atom. The van der Waals surface area contributed by atoms with E-state index in [2.05, 4.69) is 37.5 Å². The van der Waals surface area contributed by atoms with Gasteiger partial charge in [-0.15, -0.1) is 0 Å². The van der Waals surface area contributed by atoms with Crippen LogP contribution in [-0.4, -0.2) is 20.8 Å². The molecule has 0 aliphatic heterocycles. The highest BCUT2D eigenvalue weighted by Gasteiger charge is 2.15. The topological polar surface area (TPSA) is 38.0 Å². The largest absolute Gasteiger partial charge is 0.393 e. The molecule has 0 spiro atoms. The van der Waals surface area contributed by atoms with Gasteiger partial charge >= 0.3 is 0 Å². The minimum atomic E-state index is -0.294. The Morgan fingerprint density at radius 1 is 1.25 bits per heavy atom. The van der Waals surface area contributed by atoms with E-state index in [9.17, 15) is 5.11 Å². The Hall–Kier alpha value is -1.35. The molecule has 0 aliphatic rings. The number of benzene rings is 1. The van der Waals surface area contributed by atoms with Gasteiger partial charge in [0.15, 0.2) is 0 Å². The van der Waals surface area contributed by atoms with Crippen molar-refractivity contribution < 1.29 is 5.11 Å². The van der Waals surface area contributed by atoms with Gasteiger partial charge in [0.05, 0.1) is 17.1 Å². The second-order valence-corrected chi connectivity index (χ2v) is 5.78. The molecule has 3 heteroatoms. The summed E-state index contributed by atoms with van der Waals surface area (Å²) in [6.45, 7) is 7.50. The molecular formula is C17H26N2O. The molecule has 0 saturated carbocycles. The molecule has 2 atom stereocenters. The van der Waals surface area contributed by atoms with Gasteiger partial charge < -0.3 is 9.67 Å². The highest BCUT2D eigenvalue weighted by Crippen LogP contribution is 2.19. The molecule has 2 unspecified atom stereocenters. The van der Waals surface area contributed by atoms with Crippen LogP contribution in [-0.2, 0) is 13.0 Å². The van der Waals surface area contributed by atoms with Gasteiger partial charge in [0.25, 0.3) is 0 Å². The van der Waals surface area contributed by atoms with E-state index in [0.717, 1.165) is 37.1 Å². The van der Waals surface area contributed by atoms with Crippen molar-refractivity contribution in [2.75, 3.05) is 0 Å². The lowest BCUT2D eigenvalue weighted by Crippen LogP contribution is -2.17. The fraction of sp³-hybridized carbons (Fsp3) is 0.588. The Kier molecular flexibility index (Phi) is 5.18. The van der Waals surface area contributed by atoms with Crippen molar-refractivity contribution in [3.05, 3.63) is 30.1 Å². The smallest absolute Gasteiger partial charge is 0.112 e. The summed E-state index contributed by atoms with van der Waals surface area (Å²) in [5, 5.41) is 10.3. The monoisotopic (exact) mass is 274 g/mol. The molecule has 0 amide bonds. The SMILES string of the molecule is CCCn1c(CC(O)CC(C)CC)nc2ccccc21. The third-order valence-electron chi connectivity index (χ3n) is 3.97. The maximum atomic E-state index is 10.3. The van der Waals surface area contributed by atoms with Crippen molar-refractivity contribution in [2.24, 2.45) is 5.92 Å². The highest BCUT2D eigenvalue weighted by atomic mass is 16.3. The Labute approximate surface area is 121 Å². The van der Waals surface area contributed by atoms with E-state index in [0.29, 0.717) is 12.3 Å². The summed E-state index contributed by atoms with van der Waals surface area (Å²) >= 11 is 0. The lowest BCUT2D eigenvalue weighted by Gasteiger charge is -2.15. The molecule has 2 rings (SSSR count). The van der Waals surface area contributed by atoms with Crippen LogP contribution < -0.4 is 0 Å². The molecule has 1 heterocycles. The number of aliphatic hydroxyl groups excluding tert-OH is 1. The lowest BCUT2D eigenvalue weighted by molar-refractivity contribution is 0.141. The van der Waals surface area contributed by atoms with Gasteiger partial charge in [-0.05, 0) is 30.9 Å². The lowest BCUT2D eigenvalue weighted by atomic mass is 9.99. The zero-order valence-electron chi connectivity index (χ0n) is 12.8. The molecule has 3 nitrogen and oxygen atoms in total. The fourth-order valence-electron chi connectivity index (χ4n) is 2.68. The standard InChI is InChI=1S/C17H26N2O/c1-4-10-19-16-9-7-6-8-15(16)18-17(19)12-14(20)11-13(3)5-2/h6-9,13-14,20H,4-5,10-12H2,1-3H3. The number of fused-ring (bicyclic) bond motifs is 1. The molecule has 110 valence electrons. The number of nitrogens with zero attached hydrogens (tertiary/aromatic N) is 2. The van der Waals surface area contributed by atoms with Gasteiger partial charge in [0, 0.05) is 13.0 Å². The number of hydrogen-bond donors (Lipinski definition) is 1. The molecule has 20 heavy (non-hydrogen) atoms. The zero-order chi connectivity index (χ0) is 14.5. The highest BCUT2D eigenvalue weighted by molar-refractivity contribution is 5.75. The average Bonchev–Trinajstić information content (AvgIpc) is 2.77. The van der Waals surface area contributed by atoms with Gasteiger partial charge in [-0.1, -0.05) is 39.3 Å². The fourth-order valence-corrected chi connectivity index (χ4v) is 2.68. The van der Waals surface area contributed by atoms with Crippen LogP contribution in [0.25, 0.3) is 11.0 Å². The van der Waals surface area contributed by atoms with Gasteiger partial charge in [0.2, 0.25) is 0 Å². The van der Waals surface area contributed by atoms with Crippen LogP contribution >= 0.6 is 0 Å². The van der Waals surface area contributed by atoms with E-state index < -0.39 is 0 Å². The summed E-state index contributed by atoms with van der Waals surface area (Å²) in [5.41, 5.74) is 2.21. The average molecular weight is 274 g/mol. The number of aliphatic hydroxyl groups is 1. The van der Waals surface area contributed by atoms with Crippen molar-refractivity contribution in [1.29, 1.82) is 0 Å². The first-order valence-electron chi connectivity index (χ1n) is 7.77. The van der Waals surface area contributed by atoms with Crippen molar-refractivity contribution in [2.45, 2.75) is 59.1 Å². The second-order valence-electron chi connectivity index (χ2n) is 5.78. The molecule has 0 aliphatic carbocycles. The summed E-state index contributed by atoms with van der Waals surface area (Å²) in [6.07, 6.45) is 3.40. The van der Waals surface area contributed by atoms with Crippen molar-refractivity contribution in [3.8, 4) is 0 Å². The first kappa shape index (κ1) is 15.0. The molecule has 1 aromatic carbocycles. The number of para-hydroxylation sites is 2. The van der Waals surface area contributed by atoms with E-state index in [-0.39, 0.29) is 6.10 Å². The predicted octanol–water partition coefficient (Wildman–Crippen LogP) is 3.79. The van der Waals surface area contributed by atoms with Crippen molar-refractivity contribution in [3.63, 3.8) is 0 Å². The van der Waals surface area contributed by atoms with E-state index >= 15 is 0 Å². The third kappa shape index (κ3) is 3.40. The number of hydrogen-bond acceptors (Lipinski definition) is 2. The zero-order valence-corrected chi connectivity index (χ0v) is 12.8. The van der Waals surface area contributed by atoms with Gasteiger partial charge in [-0.2, -0.15) is 0 Å². The molecule has 0 bridgehead atoms. The van der Waals surface area contributed by atoms with E-state index in [1.165, 1.54) is 5.52 Å². The van der Waals surface area contributed by atoms with Crippen molar-refractivity contribution in [1.82, 2.24) is 9.55 Å². The third-order valence-corrected chi connectivity index (χ3v) is 3.97. The van der Waals surface area contributed by atoms with Crippen LogP contribution in [0.5, 0.6) is 0 Å². The molecular weight excluding hydrogens is 248 g/mol. The van der Waals surface area contributed by atoms with Crippen LogP contribution in [0.15, 0.2) is 24.3 Å². The first-order valence-corrected chi connectivity index (χ1v) is 7.77. The Morgan fingerprint density at radius 3 is 2.70 bits per heavy atom. The van der Waals surface area contributed by atoms with Crippen LogP contribution in [0.1, 0.15) is 45.9 Å². The van der Waals surface area contributed by atoms with E-state index in [1.807, 2.05) is 12.1 Å². The Balaban J connectivity index is 2.22. The van der Waals surface area contributed by atoms with Gasteiger partial charge in [-0.3, -0.25) is 0 Å². The number of imidazole rings is 1. The van der Waals surface area contributed by atoms with Crippen LogP contribution in [0.2, 0.25) is 0 Å². The second kappa shape index (κ2) is 6.89. The molecule has 1 aromatic heterocycles. The molecule has 2 aromatic rings. The minimum Gasteiger partial charge on any atom is -0.393 e. The normalized spacial score (nSPS) is 14.6. The minimum absolute atomic E-state index is 0.294. The maximum absolute atomic E-state index is 10.3. The first-order chi connectivity index (χ1) is 9.65. The summed E-state index contributed by atoms with van der Waals surface area (Å²) in [5.74, 6) is 1.58. The molecule has 1 N–H and O–H groups in total. The maximum Gasteiger partial charge on any atom is 0.112 e. The van der Waals surface area contributed by atoms with Gasteiger partial charge in [-0.25, -0.2) is 4.98 Å². The molecule has 0 saturated heterocycles. The number of rotatable bonds is 7. The summed E-state index contributed by atoms with van der Waals surface area (Å²) in [4.78, 5) is 4.71. The molecule has 0 fully saturated rings. The Bertz CT molecular complexity index is 547. The number of aromatic nitrogens is 2. The molecule has 0 radical (unpaired) electrons. The predicted molar refractivity (Wildman–Crippen MR) is 83.8 cm³/mol. The quantitative estimate of drug-likeness (QED) is 0.834. The number of aryl methyl sites for hydroxylation is 1. The van der Waals surface area contributed by atoms with Gasteiger partial charge in [0.1, 0.15) is 5.82 Å². The summed E-state index contributed by atoms with van der Waals surface area (Å²) < 4.78 is 2.26. The van der Waals surface area contributed by atoms with E-state index in [1.54, 1.807) is 0 Å². The summed E-state index contributed by atoms with van der Waals surface area (Å²) in [6, 6.07) is 8.23. The summed E-state index contributed by atoms with van der Waals surface area (Å²) in [7, 11) is 0.